The molecule has 1 aliphatic heterocycles. The summed E-state index contributed by atoms with van der Waals surface area (Å²) in [4.78, 5) is 15.2. The van der Waals surface area contributed by atoms with E-state index in [1.165, 1.54) is 25.5 Å². The normalized spacial score (nSPS) is 20.6. The number of carbonyl (C=O) groups is 1. The SMILES string of the molecule is O=Cc1ccc(N2CCN(CC3CC3)CC2)c(F)c1. The van der Waals surface area contributed by atoms with Crippen LogP contribution < -0.4 is 4.90 Å². The summed E-state index contributed by atoms with van der Waals surface area (Å²) in [7, 11) is 0. The van der Waals surface area contributed by atoms with Gasteiger partial charge in [0.2, 0.25) is 0 Å². The third-order valence-electron chi connectivity index (χ3n) is 4.03. The highest BCUT2D eigenvalue weighted by Gasteiger charge is 2.26. The largest absolute Gasteiger partial charge is 0.367 e. The van der Waals surface area contributed by atoms with Crippen LogP contribution in [-0.2, 0) is 0 Å². The number of carbonyl (C=O) groups excluding carboxylic acids is 1. The Bertz CT molecular complexity index is 465. The van der Waals surface area contributed by atoms with E-state index in [0.29, 0.717) is 17.5 Å². The van der Waals surface area contributed by atoms with Crippen molar-refractivity contribution in [1.82, 2.24) is 4.90 Å². The number of hydrogen-bond donors (Lipinski definition) is 0. The zero-order valence-electron chi connectivity index (χ0n) is 11.0. The Balaban J connectivity index is 1.62. The highest BCUT2D eigenvalue weighted by molar-refractivity contribution is 5.76. The summed E-state index contributed by atoms with van der Waals surface area (Å²) < 4.78 is 13.9. The molecule has 0 radical (unpaired) electrons. The van der Waals surface area contributed by atoms with Gasteiger partial charge in [-0.2, -0.15) is 0 Å². The number of aldehydes is 1. The van der Waals surface area contributed by atoms with Gasteiger partial charge in [-0.3, -0.25) is 9.69 Å². The molecule has 2 fully saturated rings. The number of anilines is 1. The lowest BCUT2D eigenvalue weighted by Gasteiger charge is -2.36. The lowest BCUT2D eigenvalue weighted by Crippen LogP contribution is -2.47. The van der Waals surface area contributed by atoms with Crippen LogP contribution in [-0.4, -0.2) is 43.9 Å². The topological polar surface area (TPSA) is 23.6 Å². The first kappa shape index (κ1) is 12.6. The Kier molecular flexibility index (Phi) is 3.51. The third kappa shape index (κ3) is 2.95. The summed E-state index contributed by atoms with van der Waals surface area (Å²) >= 11 is 0. The summed E-state index contributed by atoms with van der Waals surface area (Å²) in [6, 6.07) is 4.72. The van der Waals surface area contributed by atoms with Gasteiger partial charge in [-0.25, -0.2) is 4.39 Å². The fourth-order valence-corrected chi connectivity index (χ4v) is 2.69. The smallest absolute Gasteiger partial charge is 0.150 e. The molecule has 0 spiro atoms. The van der Waals surface area contributed by atoms with Gasteiger partial charge in [0, 0.05) is 38.3 Å². The van der Waals surface area contributed by atoms with Gasteiger partial charge in [0.15, 0.2) is 0 Å². The number of rotatable bonds is 4. The van der Waals surface area contributed by atoms with Gasteiger partial charge in [0.05, 0.1) is 5.69 Å². The maximum Gasteiger partial charge on any atom is 0.150 e. The lowest BCUT2D eigenvalue weighted by atomic mass is 10.2. The first-order chi connectivity index (χ1) is 9.26. The third-order valence-corrected chi connectivity index (χ3v) is 4.03. The van der Waals surface area contributed by atoms with Crippen LogP contribution in [0.3, 0.4) is 0 Å². The van der Waals surface area contributed by atoms with Crippen LogP contribution in [0.1, 0.15) is 23.2 Å². The summed E-state index contributed by atoms with van der Waals surface area (Å²) in [5.74, 6) is 0.621. The Hall–Kier alpha value is -1.42. The fourth-order valence-electron chi connectivity index (χ4n) is 2.69. The van der Waals surface area contributed by atoms with E-state index in [0.717, 1.165) is 32.1 Å². The Morgan fingerprint density at radius 2 is 1.95 bits per heavy atom. The lowest BCUT2D eigenvalue weighted by molar-refractivity contribution is 0.112. The highest BCUT2D eigenvalue weighted by atomic mass is 19.1. The molecule has 3 rings (SSSR count). The molecular weight excluding hydrogens is 243 g/mol. The minimum Gasteiger partial charge on any atom is -0.367 e. The van der Waals surface area contributed by atoms with Gasteiger partial charge < -0.3 is 4.90 Å². The number of benzene rings is 1. The van der Waals surface area contributed by atoms with Crippen LogP contribution in [0, 0.1) is 11.7 Å². The number of hydrogen-bond acceptors (Lipinski definition) is 3. The molecule has 102 valence electrons. The van der Waals surface area contributed by atoms with Crippen LogP contribution in [0.25, 0.3) is 0 Å². The van der Waals surface area contributed by atoms with E-state index in [2.05, 4.69) is 9.80 Å². The Morgan fingerprint density at radius 3 is 2.53 bits per heavy atom. The second kappa shape index (κ2) is 5.29. The average molecular weight is 262 g/mol. The average Bonchev–Trinajstić information content (AvgIpc) is 3.24. The van der Waals surface area contributed by atoms with E-state index in [-0.39, 0.29) is 5.82 Å². The monoisotopic (exact) mass is 262 g/mol. The van der Waals surface area contributed by atoms with Crippen molar-refractivity contribution in [1.29, 1.82) is 0 Å². The molecule has 0 atom stereocenters. The Morgan fingerprint density at radius 1 is 1.21 bits per heavy atom. The standard InChI is InChI=1S/C15H19FN2O/c16-14-9-13(11-19)3-4-15(14)18-7-5-17(6-8-18)10-12-1-2-12/h3-4,9,11-12H,1-2,5-8,10H2. The molecule has 1 aliphatic carbocycles. The van der Waals surface area contributed by atoms with Crippen LogP contribution in [0.4, 0.5) is 10.1 Å². The summed E-state index contributed by atoms with van der Waals surface area (Å²) in [5, 5.41) is 0. The predicted molar refractivity (Wildman–Crippen MR) is 73.2 cm³/mol. The summed E-state index contributed by atoms with van der Waals surface area (Å²) in [5.41, 5.74) is 1.02. The minimum absolute atomic E-state index is 0.291. The number of halogens is 1. The van der Waals surface area contributed by atoms with Crippen molar-refractivity contribution in [2.24, 2.45) is 5.92 Å². The predicted octanol–water partition coefficient (Wildman–Crippen LogP) is 2.17. The second-order valence-corrected chi connectivity index (χ2v) is 5.56. The fraction of sp³-hybridized carbons (Fsp3) is 0.533. The van der Waals surface area contributed by atoms with Crippen LogP contribution in [0.5, 0.6) is 0 Å². The van der Waals surface area contributed by atoms with E-state index in [1.54, 1.807) is 12.1 Å². The highest BCUT2D eigenvalue weighted by Crippen LogP contribution is 2.30. The first-order valence-corrected chi connectivity index (χ1v) is 6.98. The molecule has 0 aromatic heterocycles. The molecule has 1 aromatic rings. The molecule has 1 heterocycles. The molecule has 1 saturated carbocycles. The molecule has 0 unspecified atom stereocenters. The van der Waals surface area contributed by atoms with Crippen molar-refractivity contribution in [3.05, 3.63) is 29.6 Å². The molecule has 1 aromatic carbocycles. The molecule has 0 N–H and O–H groups in total. The van der Waals surface area contributed by atoms with Gasteiger partial charge in [-0.1, -0.05) is 0 Å². The van der Waals surface area contributed by atoms with E-state index >= 15 is 0 Å². The molecule has 1 saturated heterocycles. The van der Waals surface area contributed by atoms with E-state index in [1.807, 2.05) is 0 Å². The van der Waals surface area contributed by atoms with Gasteiger partial charge in [0.25, 0.3) is 0 Å². The van der Waals surface area contributed by atoms with Crippen molar-refractivity contribution in [2.45, 2.75) is 12.8 Å². The molecular formula is C15H19FN2O. The maximum atomic E-state index is 13.9. The maximum absolute atomic E-state index is 13.9. The Labute approximate surface area is 113 Å². The van der Waals surface area contributed by atoms with Gasteiger partial charge in [0.1, 0.15) is 12.1 Å². The van der Waals surface area contributed by atoms with Crippen LogP contribution in [0.15, 0.2) is 18.2 Å². The van der Waals surface area contributed by atoms with Crippen molar-refractivity contribution < 1.29 is 9.18 Å². The van der Waals surface area contributed by atoms with Crippen molar-refractivity contribution in [2.75, 3.05) is 37.6 Å². The van der Waals surface area contributed by atoms with Crippen molar-refractivity contribution in [3.63, 3.8) is 0 Å². The number of piperazine rings is 1. The summed E-state index contributed by atoms with van der Waals surface area (Å²) in [6.07, 6.45) is 3.43. The van der Waals surface area contributed by atoms with E-state index < -0.39 is 0 Å². The first-order valence-electron chi connectivity index (χ1n) is 6.98. The molecule has 4 heteroatoms. The number of nitrogens with zero attached hydrogens (tertiary/aromatic N) is 2. The molecule has 19 heavy (non-hydrogen) atoms. The van der Waals surface area contributed by atoms with Crippen molar-refractivity contribution in [3.8, 4) is 0 Å². The second-order valence-electron chi connectivity index (χ2n) is 5.56. The molecule has 2 aliphatic rings. The molecule has 0 bridgehead atoms. The zero-order chi connectivity index (χ0) is 13.2. The molecule has 3 nitrogen and oxygen atoms in total. The van der Waals surface area contributed by atoms with Crippen LogP contribution in [0.2, 0.25) is 0 Å². The van der Waals surface area contributed by atoms with E-state index in [4.69, 9.17) is 0 Å². The van der Waals surface area contributed by atoms with Crippen molar-refractivity contribution >= 4 is 12.0 Å². The zero-order valence-corrected chi connectivity index (χ0v) is 11.0. The van der Waals surface area contributed by atoms with Gasteiger partial charge in [-0.15, -0.1) is 0 Å². The van der Waals surface area contributed by atoms with Gasteiger partial charge in [-0.05, 0) is 37.0 Å². The van der Waals surface area contributed by atoms with E-state index in [9.17, 15) is 9.18 Å². The van der Waals surface area contributed by atoms with Crippen LogP contribution >= 0.6 is 0 Å². The summed E-state index contributed by atoms with van der Waals surface area (Å²) in [6.45, 7) is 4.95. The molecule has 0 amide bonds. The quantitative estimate of drug-likeness (QED) is 0.777. The minimum atomic E-state index is -0.291. The van der Waals surface area contributed by atoms with Gasteiger partial charge >= 0.3 is 0 Å².